The Bertz CT molecular complexity index is 416. The molecule has 0 atom stereocenters. The summed E-state index contributed by atoms with van der Waals surface area (Å²) >= 11 is 0. The van der Waals surface area contributed by atoms with Crippen LogP contribution in [-0.4, -0.2) is 16.5 Å². The number of anilines is 1. The molecule has 0 bridgehead atoms. The number of nitrogens with one attached hydrogen (secondary N) is 1. The largest absolute Gasteiger partial charge is 0.364 e. The fourth-order valence-corrected chi connectivity index (χ4v) is 2.01. The number of rotatable bonds is 5. The van der Waals surface area contributed by atoms with E-state index in [1.54, 1.807) is 19.2 Å². The second kappa shape index (κ2) is 5.12. The molecule has 1 aliphatic rings. The highest BCUT2D eigenvalue weighted by molar-refractivity contribution is 5.56. The SMILES string of the molecule is Cc1cnc(NCCC2CCC2)c([N+](=O)[O-])c1. The van der Waals surface area contributed by atoms with Gasteiger partial charge in [-0.05, 0) is 24.8 Å². The summed E-state index contributed by atoms with van der Waals surface area (Å²) < 4.78 is 0. The normalized spacial score (nSPS) is 15.4. The number of pyridine rings is 1. The lowest BCUT2D eigenvalue weighted by Gasteiger charge is -2.25. The highest BCUT2D eigenvalue weighted by Gasteiger charge is 2.18. The molecule has 0 aliphatic heterocycles. The topological polar surface area (TPSA) is 68.1 Å². The van der Waals surface area contributed by atoms with Crippen molar-refractivity contribution in [3.05, 3.63) is 27.9 Å². The molecule has 1 heterocycles. The highest BCUT2D eigenvalue weighted by Crippen LogP contribution is 2.29. The second-order valence-electron chi connectivity index (χ2n) is 4.65. The van der Waals surface area contributed by atoms with Crippen molar-refractivity contribution in [1.82, 2.24) is 4.98 Å². The van der Waals surface area contributed by atoms with Gasteiger partial charge in [-0.2, -0.15) is 0 Å². The zero-order valence-corrected chi connectivity index (χ0v) is 9.98. The van der Waals surface area contributed by atoms with Crippen LogP contribution in [0.4, 0.5) is 11.5 Å². The minimum Gasteiger partial charge on any atom is -0.364 e. The predicted molar refractivity (Wildman–Crippen MR) is 66.1 cm³/mol. The lowest BCUT2D eigenvalue weighted by atomic mass is 9.83. The predicted octanol–water partition coefficient (Wildman–Crippen LogP) is 2.90. The third-order valence-electron chi connectivity index (χ3n) is 3.27. The quantitative estimate of drug-likeness (QED) is 0.629. The van der Waals surface area contributed by atoms with Crippen LogP contribution in [0.3, 0.4) is 0 Å². The van der Waals surface area contributed by atoms with Gasteiger partial charge < -0.3 is 5.32 Å². The van der Waals surface area contributed by atoms with E-state index in [4.69, 9.17) is 0 Å². The lowest BCUT2D eigenvalue weighted by molar-refractivity contribution is -0.384. The van der Waals surface area contributed by atoms with Gasteiger partial charge in [-0.1, -0.05) is 19.3 Å². The molecule has 1 saturated carbocycles. The first-order valence-electron chi connectivity index (χ1n) is 6.01. The third-order valence-corrected chi connectivity index (χ3v) is 3.27. The summed E-state index contributed by atoms with van der Waals surface area (Å²) in [6.45, 7) is 2.57. The van der Waals surface area contributed by atoms with E-state index in [-0.39, 0.29) is 10.6 Å². The van der Waals surface area contributed by atoms with E-state index < -0.39 is 0 Å². The summed E-state index contributed by atoms with van der Waals surface area (Å²) in [5.74, 6) is 1.19. The molecule has 1 aromatic heterocycles. The number of hydrogen-bond donors (Lipinski definition) is 1. The molecule has 1 aromatic rings. The minimum atomic E-state index is -0.383. The number of nitro groups is 1. The van der Waals surface area contributed by atoms with Crippen LogP contribution in [0.15, 0.2) is 12.3 Å². The summed E-state index contributed by atoms with van der Waals surface area (Å²) in [6.07, 6.45) is 6.65. The molecular weight excluding hydrogens is 218 g/mol. The summed E-state index contributed by atoms with van der Waals surface area (Å²) in [4.78, 5) is 14.6. The molecule has 0 unspecified atom stereocenters. The zero-order chi connectivity index (χ0) is 12.3. The van der Waals surface area contributed by atoms with Crippen molar-refractivity contribution in [2.45, 2.75) is 32.6 Å². The monoisotopic (exact) mass is 235 g/mol. The Balaban J connectivity index is 1.96. The van der Waals surface area contributed by atoms with E-state index >= 15 is 0 Å². The van der Waals surface area contributed by atoms with Crippen LogP contribution >= 0.6 is 0 Å². The standard InChI is InChI=1S/C12H17N3O2/c1-9-7-11(15(16)17)12(14-8-9)13-6-5-10-3-2-4-10/h7-8,10H,2-6H2,1H3,(H,13,14). The smallest absolute Gasteiger partial charge is 0.311 e. The van der Waals surface area contributed by atoms with E-state index in [2.05, 4.69) is 10.3 Å². The minimum absolute atomic E-state index is 0.0682. The summed E-state index contributed by atoms with van der Waals surface area (Å²) in [7, 11) is 0. The van der Waals surface area contributed by atoms with Gasteiger partial charge in [-0.3, -0.25) is 10.1 Å². The van der Waals surface area contributed by atoms with Gasteiger partial charge in [0.1, 0.15) is 0 Å². The Morgan fingerprint density at radius 2 is 2.35 bits per heavy atom. The Hall–Kier alpha value is -1.65. The molecular formula is C12H17N3O2. The number of aryl methyl sites for hydroxylation is 1. The molecule has 2 rings (SSSR count). The van der Waals surface area contributed by atoms with Gasteiger partial charge in [-0.25, -0.2) is 4.98 Å². The maximum atomic E-state index is 10.9. The van der Waals surface area contributed by atoms with Crippen LogP contribution in [0.25, 0.3) is 0 Å². The second-order valence-corrected chi connectivity index (χ2v) is 4.65. The van der Waals surface area contributed by atoms with E-state index in [1.165, 1.54) is 19.3 Å². The molecule has 0 amide bonds. The molecule has 5 heteroatoms. The first-order chi connectivity index (χ1) is 8.16. The number of hydrogen-bond acceptors (Lipinski definition) is 4. The highest BCUT2D eigenvalue weighted by atomic mass is 16.6. The third kappa shape index (κ3) is 2.93. The molecule has 92 valence electrons. The molecule has 1 aliphatic carbocycles. The van der Waals surface area contributed by atoms with Crippen LogP contribution < -0.4 is 5.32 Å². The Morgan fingerprint density at radius 3 is 2.94 bits per heavy atom. The molecule has 0 saturated heterocycles. The van der Waals surface area contributed by atoms with Gasteiger partial charge in [-0.15, -0.1) is 0 Å². The maximum absolute atomic E-state index is 10.9. The molecule has 0 aromatic carbocycles. The first kappa shape index (κ1) is 11.8. The van der Waals surface area contributed by atoms with Gasteiger partial charge in [0.05, 0.1) is 4.92 Å². The van der Waals surface area contributed by atoms with Crippen LogP contribution in [0.5, 0.6) is 0 Å². The summed E-state index contributed by atoms with van der Waals surface area (Å²) in [5.41, 5.74) is 0.875. The van der Waals surface area contributed by atoms with E-state index in [1.807, 2.05) is 0 Å². The van der Waals surface area contributed by atoms with Crippen molar-refractivity contribution in [3.63, 3.8) is 0 Å². The molecule has 5 nitrogen and oxygen atoms in total. The maximum Gasteiger partial charge on any atom is 0.311 e. The van der Waals surface area contributed by atoms with E-state index in [9.17, 15) is 10.1 Å². The zero-order valence-electron chi connectivity index (χ0n) is 9.98. The van der Waals surface area contributed by atoms with Crippen molar-refractivity contribution >= 4 is 11.5 Å². The first-order valence-corrected chi connectivity index (χ1v) is 6.01. The molecule has 1 fully saturated rings. The molecule has 17 heavy (non-hydrogen) atoms. The molecule has 0 spiro atoms. The van der Waals surface area contributed by atoms with Crippen molar-refractivity contribution < 1.29 is 4.92 Å². The van der Waals surface area contributed by atoms with Gasteiger partial charge >= 0.3 is 5.69 Å². The fraction of sp³-hybridized carbons (Fsp3) is 0.583. The van der Waals surface area contributed by atoms with Crippen molar-refractivity contribution in [2.24, 2.45) is 5.92 Å². The van der Waals surface area contributed by atoms with Crippen molar-refractivity contribution in [1.29, 1.82) is 0 Å². The van der Waals surface area contributed by atoms with Crippen LogP contribution in [0.1, 0.15) is 31.2 Å². The van der Waals surface area contributed by atoms with Gasteiger partial charge in [0.2, 0.25) is 5.82 Å². The van der Waals surface area contributed by atoms with Crippen molar-refractivity contribution in [2.75, 3.05) is 11.9 Å². The number of aromatic nitrogens is 1. The van der Waals surface area contributed by atoms with Gasteiger partial charge in [0, 0.05) is 18.8 Å². The number of nitrogens with zero attached hydrogens (tertiary/aromatic N) is 2. The lowest BCUT2D eigenvalue weighted by Crippen LogP contribution is -2.16. The average Bonchev–Trinajstić information content (AvgIpc) is 2.23. The van der Waals surface area contributed by atoms with Gasteiger partial charge in [0.25, 0.3) is 0 Å². The summed E-state index contributed by atoms with van der Waals surface area (Å²) in [5, 5.41) is 13.9. The van der Waals surface area contributed by atoms with E-state index in [0.717, 1.165) is 24.4 Å². The fourth-order valence-electron chi connectivity index (χ4n) is 2.01. The van der Waals surface area contributed by atoms with Crippen molar-refractivity contribution in [3.8, 4) is 0 Å². The average molecular weight is 235 g/mol. The summed E-state index contributed by atoms with van der Waals surface area (Å²) in [6, 6.07) is 1.55. The van der Waals surface area contributed by atoms with Crippen LogP contribution in [0, 0.1) is 23.0 Å². The van der Waals surface area contributed by atoms with E-state index in [0.29, 0.717) is 5.82 Å². The van der Waals surface area contributed by atoms with Crippen LogP contribution in [-0.2, 0) is 0 Å². The van der Waals surface area contributed by atoms with Gasteiger partial charge in [0.15, 0.2) is 0 Å². The molecule has 0 radical (unpaired) electrons. The van der Waals surface area contributed by atoms with Crippen LogP contribution in [0.2, 0.25) is 0 Å². The Kier molecular flexibility index (Phi) is 3.56. The Labute approximate surface area is 100 Å². The Morgan fingerprint density at radius 1 is 1.59 bits per heavy atom. The molecule has 1 N–H and O–H groups in total.